The standard InChI is InChI=1S/C9H9NO6.C2H6O2/c1-5(4-8(13)14)9(15)16-10-6(11)2-3-7(10)12;3-1-2-4/h1-4H2,(H,13,14);3-4H,1-2H2. The van der Waals surface area contributed by atoms with Crippen LogP contribution in [0.25, 0.3) is 0 Å². The Kier molecular flexibility index (Phi) is 7.78. The van der Waals surface area contributed by atoms with Gasteiger partial charge in [0.1, 0.15) is 0 Å². The first-order chi connectivity index (χ1) is 9.33. The number of carboxylic acid groups (broad SMARTS) is 1. The number of imide groups is 1. The molecule has 1 fully saturated rings. The zero-order chi connectivity index (χ0) is 15.7. The Labute approximate surface area is 114 Å². The summed E-state index contributed by atoms with van der Waals surface area (Å²) >= 11 is 0. The molecule has 0 unspecified atom stereocenters. The van der Waals surface area contributed by atoms with Gasteiger partial charge in [-0.15, -0.1) is 5.06 Å². The molecule has 0 aliphatic carbocycles. The Bertz CT molecular complexity index is 399. The Morgan fingerprint density at radius 1 is 1.15 bits per heavy atom. The second-order valence-electron chi connectivity index (χ2n) is 3.58. The van der Waals surface area contributed by atoms with E-state index in [4.69, 9.17) is 15.3 Å². The van der Waals surface area contributed by atoms with Gasteiger partial charge in [0.2, 0.25) is 0 Å². The van der Waals surface area contributed by atoms with Crippen molar-refractivity contribution in [2.24, 2.45) is 0 Å². The van der Waals surface area contributed by atoms with E-state index in [2.05, 4.69) is 11.4 Å². The molecule has 0 aromatic carbocycles. The third kappa shape index (κ3) is 6.07. The molecule has 1 rings (SSSR count). The smallest absolute Gasteiger partial charge is 0.359 e. The van der Waals surface area contributed by atoms with Crippen LogP contribution in [0.3, 0.4) is 0 Å². The van der Waals surface area contributed by atoms with Crippen LogP contribution in [0.1, 0.15) is 19.3 Å². The number of rotatable bonds is 5. The van der Waals surface area contributed by atoms with Gasteiger partial charge in [-0.2, -0.15) is 0 Å². The molecule has 2 amide bonds. The van der Waals surface area contributed by atoms with Gasteiger partial charge in [0.15, 0.2) is 0 Å². The van der Waals surface area contributed by atoms with E-state index in [1.807, 2.05) is 0 Å². The maximum atomic E-state index is 11.2. The molecule has 112 valence electrons. The van der Waals surface area contributed by atoms with Gasteiger partial charge < -0.3 is 20.2 Å². The van der Waals surface area contributed by atoms with Crippen LogP contribution in [0, 0.1) is 0 Å². The Balaban J connectivity index is 0.000000796. The van der Waals surface area contributed by atoms with Crippen molar-refractivity contribution in [3.63, 3.8) is 0 Å². The number of hydrogen-bond acceptors (Lipinski definition) is 7. The number of aliphatic hydroxyl groups excluding tert-OH is 2. The highest BCUT2D eigenvalue weighted by Gasteiger charge is 2.33. The first-order valence-electron chi connectivity index (χ1n) is 5.52. The van der Waals surface area contributed by atoms with Crippen LogP contribution in [-0.4, -0.2) is 57.3 Å². The molecule has 9 heteroatoms. The molecule has 0 atom stereocenters. The average molecular weight is 289 g/mol. The van der Waals surface area contributed by atoms with E-state index in [9.17, 15) is 19.2 Å². The molecule has 0 bridgehead atoms. The summed E-state index contributed by atoms with van der Waals surface area (Å²) in [5, 5.41) is 24.0. The second-order valence-corrected chi connectivity index (χ2v) is 3.58. The van der Waals surface area contributed by atoms with E-state index >= 15 is 0 Å². The minimum atomic E-state index is -1.25. The number of amides is 2. The van der Waals surface area contributed by atoms with Crippen LogP contribution in [0.2, 0.25) is 0 Å². The number of carboxylic acids is 1. The second kappa shape index (κ2) is 8.77. The topological polar surface area (TPSA) is 141 Å². The summed E-state index contributed by atoms with van der Waals surface area (Å²) in [7, 11) is 0. The van der Waals surface area contributed by atoms with Crippen LogP contribution in [-0.2, 0) is 24.0 Å². The van der Waals surface area contributed by atoms with Gasteiger partial charge in [0, 0.05) is 18.4 Å². The highest BCUT2D eigenvalue weighted by molar-refractivity contribution is 6.03. The van der Waals surface area contributed by atoms with E-state index in [0.29, 0.717) is 5.06 Å². The minimum absolute atomic E-state index is 0.0163. The highest BCUT2D eigenvalue weighted by atomic mass is 16.7. The molecule has 3 N–H and O–H groups in total. The van der Waals surface area contributed by atoms with Gasteiger partial charge in [0.05, 0.1) is 19.6 Å². The van der Waals surface area contributed by atoms with Crippen LogP contribution in [0.4, 0.5) is 0 Å². The molecule has 9 nitrogen and oxygen atoms in total. The SMILES string of the molecule is C=C(CC(=O)O)C(=O)ON1C(=O)CCC1=O.OCCO. The fourth-order valence-corrected chi connectivity index (χ4v) is 1.06. The van der Waals surface area contributed by atoms with Crippen LogP contribution < -0.4 is 0 Å². The number of nitrogens with zero attached hydrogens (tertiary/aromatic N) is 1. The van der Waals surface area contributed by atoms with Crippen molar-refractivity contribution in [3.05, 3.63) is 12.2 Å². The highest BCUT2D eigenvalue weighted by Crippen LogP contribution is 2.14. The molecule has 1 heterocycles. The molecule has 0 aromatic heterocycles. The molecule has 1 aliphatic rings. The molecule has 1 aliphatic heterocycles. The zero-order valence-electron chi connectivity index (χ0n) is 10.6. The van der Waals surface area contributed by atoms with E-state index in [0.717, 1.165) is 0 Å². The lowest BCUT2D eigenvalue weighted by molar-refractivity contribution is -0.194. The van der Waals surface area contributed by atoms with Gasteiger partial charge >= 0.3 is 11.9 Å². The third-order valence-corrected chi connectivity index (χ3v) is 1.93. The van der Waals surface area contributed by atoms with E-state index in [-0.39, 0.29) is 31.6 Å². The summed E-state index contributed by atoms with van der Waals surface area (Å²) in [4.78, 5) is 48.0. The number of carbonyl (C=O) groups excluding carboxylic acids is 3. The maximum absolute atomic E-state index is 11.2. The van der Waals surface area contributed by atoms with Crippen molar-refractivity contribution in [2.75, 3.05) is 13.2 Å². The first kappa shape index (κ1) is 17.7. The van der Waals surface area contributed by atoms with Crippen molar-refractivity contribution >= 4 is 23.8 Å². The van der Waals surface area contributed by atoms with E-state index < -0.39 is 30.2 Å². The maximum Gasteiger partial charge on any atom is 0.359 e. The molecule has 0 radical (unpaired) electrons. The monoisotopic (exact) mass is 289 g/mol. The molecule has 0 saturated carbocycles. The average Bonchev–Trinajstić information content (AvgIpc) is 2.70. The molecule has 1 saturated heterocycles. The van der Waals surface area contributed by atoms with Gasteiger partial charge in [-0.3, -0.25) is 14.4 Å². The lowest BCUT2D eigenvalue weighted by Crippen LogP contribution is -2.32. The van der Waals surface area contributed by atoms with Crippen molar-refractivity contribution in [1.29, 1.82) is 0 Å². The largest absolute Gasteiger partial charge is 0.481 e. The third-order valence-electron chi connectivity index (χ3n) is 1.93. The summed E-state index contributed by atoms with van der Waals surface area (Å²) < 4.78 is 0. The van der Waals surface area contributed by atoms with Crippen LogP contribution in [0.5, 0.6) is 0 Å². The zero-order valence-corrected chi connectivity index (χ0v) is 10.6. The number of hydrogen-bond donors (Lipinski definition) is 3. The lowest BCUT2D eigenvalue weighted by atomic mass is 10.2. The first-order valence-corrected chi connectivity index (χ1v) is 5.52. The van der Waals surface area contributed by atoms with Crippen molar-refractivity contribution in [1.82, 2.24) is 5.06 Å². The predicted octanol–water partition coefficient (Wildman–Crippen LogP) is -1.40. The van der Waals surface area contributed by atoms with Gasteiger partial charge in [0.25, 0.3) is 11.8 Å². The Morgan fingerprint density at radius 2 is 1.60 bits per heavy atom. The van der Waals surface area contributed by atoms with E-state index in [1.165, 1.54) is 0 Å². The normalized spacial score (nSPS) is 13.6. The fraction of sp³-hybridized carbons (Fsp3) is 0.455. The van der Waals surface area contributed by atoms with Crippen LogP contribution >= 0.6 is 0 Å². The van der Waals surface area contributed by atoms with Crippen LogP contribution in [0.15, 0.2) is 12.2 Å². The number of hydroxylamine groups is 2. The quantitative estimate of drug-likeness (QED) is 0.414. The molecular weight excluding hydrogens is 274 g/mol. The summed E-state index contributed by atoms with van der Waals surface area (Å²) in [5.41, 5.74) is -0.333. The molecular formula is C11H15NO8. The van der Waals surface area contributed by atoms with Crippen molar-refractivity contribution in [3.8, 4) is 0 Å². The number of carbonyl (C=O) groups is 4. The van der Waals surface area contributed by atoms with Crippen molar-refractivity contribution < 1.29 is 39.3 Å². The Morgan fingerprint density at radius 3 is 1.95 bits per heavy atom. The molecule has 0 aromatic rings. The van der Waals surface area contributed by atoms with Gasteiger partial charge in [-0.25, -0.2) is 4.79 Å². The summed E-state index contributed by atoms with van der Waals surface area (Å²) in [6.45, 7) is 2.93. The molecule has 0 spiro atoms. The predicted molar refractivity (Wildman–Crippen MR) is 62.7 cm³/mol. The van der Waals surface area contributed by atoms with Crippen molar-refractivity contribution in [2.45, 2.75) is 19.3 Å². The van der Waals surface area contributed by atoms with Gasteiger partial charge in [-0.1, -0.05) is 6.58 Å². The summed E-state index contributed by atoms with van der Waals surface area (Å²) in [6, 6.07) is 0. The number of aliphatic hydroxyl groups is 2. The lowest BCUT2D eigenvalue weighted by Gasteiger charge is -2.12. The summed E-state index contributed by atoms with van der Waals surface area (Å²) in [6.07, 6.45) is -0.635. The molecule has 20 heavy (non-hydrogen) atoms. The van der Waals surface area contributed by atoms with E-state index in [1.54, 1.807) is 0 Å². The minimum Gasteiger partial charge on any atom is -0.481 e. The number of aliphatic carboxylic acids is 1. The van der Waals surface area contributed by atoms with Gasteiger partial charge in [-0.05, 0) is 0 Å². The fourth-order valence-electron chi connectivity index (χ4n) is 1.06. The Hall–Kier alpha value is -2.26. The summed E-state index contributed by atoms with van der Waals surface area (Å²) in [5.74, 6) is -3.59.